The number of sulfonamides is 1. The first-order chi connectivity index (χ1) is 12.9. The Morgan fingerprint density at radius 3 is 2.15 bits per heavy atom. The second-order valence-corrected chi connectivity index (χ2v) is 9.36. The largest absolute Gasteiger partial charge is 0.359 e. The van der Waals surface area contributed by atoms with Gasteiger partial charge in [0.05, 0.1) is 18.1 Å². The zero-order valence-electron chi connectivity index (χ0n) is 17.1. The van der Waals surface area contributed by atoms with Gasteiger partial charge in [0, 0.05) is 25.5 Å². The van der Waals surface area contributed by atoms with Crippen LogP contribution in [0.5, 0.6) is 0 Å². The molecule has 0 unspecified atom stereocenters. The number of para-hydroxylation sites is 1. The van der Waals surface area contributed by atoms with E-state index in [2.05, 4.69) is 33.8 Å². The van der Waals surface area contributed by atoms with E-state index >= 15 is 0 Å². The van der Waals surface area contributed by atoms with Crippen molar-refractivity contribution in [2.24, 2.45) is 0 Å². The maximum atomic E-state index is 12.4. The minimum atomic E-state index is -3.32. The molecule has 0 aliphatic carbocycles. The van der Waals surface area contributed by atoms with Gasteiger partial charge in [-0.15, -0.1) is 0 Å². The third-order valence-electron chi connectivity index (χ3n) is 5.00. The summed E-state index contributed by atoms with van der Waals surface area (Å²) in [5.41, 5.74) is 2.62. The Hall–Kier alpha value is -1.69. The lowest BCUT2D eigenvalue weighted by Crippen LogP contribution is -2.28. The standard InChI is InChI=1S/C21H35N3O2S/c1-4-5-6-7-8-13-23-15-16-24(18-23)14-10-17-27(25,26)22-21-19(2)11-9-12-20(21)3/h9,11-12,15-16,22H,4-8,10,13-14,17-18H2,1-3H3. The second kappa shape index (κ2) is 10.6. The molecule has 0 bridgehead atoms. The number of benzene rings is 1. The van der Waals surface area contributed by atoms with Crippen LogP contribution in [0.25, 0.3) is 0 Å². The number of nitrogens with one attached hydrogen (secondary N) is 1. The molecular weight excluding hydrogens is 358 g/mol. The smallest absolute Gasteiger partial charge is 0.232 e. The van der Waals surface area contributed by atoms with Crippen molar-refractivity contribution in [3.8, 4) is 0 Å². The number of rotatable bonds is 12. The minimum Gasteiger partial charge on any atom is -0.359 e. The van der Waals surface area contributed by atoms with E-state index in [4.69, 9.17) is 0 Å². The lowest BCUT2D eigenvalue weighted by molar-refractivity contribution is 0.261. The predicted octanol–water partition coefficient (Wildman–Crippen LogP) is 4.45. The van der Waals surface area contributed by atoms with Crippen LogP contribution < -0.4 is 4.72 Å². The van der Waals surface area contributed by atoms with Crippen molar-refractivity contribution in [3.05, 3.63) is 41.7 Å². The normalized spacial score (nSPS) is 14.2. The highest BCUT2D eigenvalue weighted by Crippen LogP contribution is 2.21. The van der Waals surface area contributed by atoms with Crippen LogP contribution in [-0.4, -0.2) is 43.7 Å². The van der Waals surface area contributed by atoms with Crippen molar-refractivity contribution in [2.75, 3.05) is 30.2 Å². The van der Waals surface area contributed by atoms with Crippen LogP contribution in [0.15, 0.2) is 30.6 Å². The molecule has 1 N–H and O–H groups in total. The first-order valence-electron chi connectivity index (χ1n) is 10.1. The molecular formula is C21H35N3O2S. The van der Waals surface area contributed by atoms with E-state index < -0.39 is 10.0 Å². The highest BCUT2D eigenvalue weighted by atomic mass is 32.2. The van der Waals surface area contributed by atoms with Gasteiger partial charge in [-0.3, -0.25) is 4.72 Å². The fourth-order valence-electron chi connectivity index (χ4n) is 3.36. The van der Waals surface area contributed by atoms with Gasteiger partial charge in [0.2, 0.25) is 10.0 Å². The molecule has 1 aromatic carbocycles. The van der Waals surface area contributed by atoms with Crippen molar-refractivity contribution in [2.45, 2.75) is 59.3 Å². The number of aryl methyl sites for hydroxylation is 2. The first kappa shape index (κ1) is 21.6. The third-order valence-corrected chi connectivity index (χ3v) is 6.34. The summed E-state index contributed by atoms with van der Waals surface area (Å²) in [5, 5.41) is 0. The highest BCUT2D eigenvalue weighted by molar-refractivity contribution is 7.92. The molecule has 152 valence electrons. The molecule has 0 aromatic heterocycles. The Morgan fingerprint density at radius 2 is 1.52 bits per heavy atom. The molecule has 6 heteroatoms. The quantitative estimate of drug-likeness (QED) is 0.533. The van der Waals surface area contributed by atoms with Crippen LogP contribution in [0.2, 0.25) is 0 Å². The highest BCUT2D eigenvalue weighted by Gasteiger charge is 2.16. The van der Waals surface area contributed by atoms with Crippen molar-refractivity contribution in [1.82, 2.24) is 9.80 Å². The fourth-order valence-corrected chi connectivity index (χ4v) is 4.61. The van der Waals surface area contributed by atoms with E-state index in [1.807, 2.05) is 32.0 Å². The molecule has 5 nitrogen and oxygen atoms in total. The van der Waals surface area contributed by atoms with Gasteiger partial charge in [-0.1, -0.05) is 50.8 Å². The molecule has 0 spiro atoms. The molecule has 0 atom stereocenters. The molecule has 0 saturated carbocycles. The number of anilines is 1. The zero-order valence-corrected chi connectivity index (χ0v) is 17.9. The Balaban J connectivity index is 1.68. The van der Waals surface area contributed by atoms with Gasteiger partial charge in [0.1, 0.15) is 0 Å². The average molecular weight is 394 g/mol. The van der Waals surface area contributed by atoms with Crippen molar-refractivity contribution >= 4 is 15.7 Å². The molecule has 0 radical (unpaired) electrons. The van der Waals surface area contributed by atoms with Crippen LogP contribution in [0.3, 0.4) is 0 Å². The minimum absolute atomic E-state index is 0.141. The number of unbranched alkanes of at least 4 members (excludes halogenated alkanes) is 4. The monoisotopic (exact) mass is 393 g/mol. The van der Waals surface area contributed by atoms with E-state index in [0.29, 0.717) is 12.1 Å². The van der Waals surface area contributed by atoms with Gasteiger partial charge >= 0.3 is 0 Å². The molecule has 0 saturated heterocycles. The van der Waals surface area contributed by atoms with E-state index in [1.165, 1.54) is 32.1 Å². The zero-order chi connectivity index (χ0) is 19.7. The second-order valence-electron chi connectivity index (χ2n) is 7.52. The summed E-state index contributed by atoms with van der Waals surface area (Å²) in [5.74, 6) is 0.141. The SMILES string of the molecule is CCCCCCCN1C=CN(CCCS(=O)(=O)Nc2c(C)cccc2C)C1. The third kappa shape index (κ3) is 7.45. The summed E-state index contributed by atoms with van der Waals surface area (Å²) in [4.78, 5) is 4.51. The predicted molar refractivity (Wildman–Crippen MR) is 114 cm³/mol. The van der Waals surface area contributed by atoms with Crippen molar-refractivity contribution in [1.29, 1.82) is 0 Å². The van der Waals surface area contributed by atoms with Crippen LogP contribution in [0.4, 0.5) is 5.69 Å². The van der Waals surface area contributed by atoms with Gasteiger partial charge < -0.3 is 9.80 Å². The maximum absolute atomic E-state index is 12.4. The molecule has 0 amide bonds. The molecule has 1 aliphatic heterocycles. The summed E-state index contributed by atoms with van der Waals surface area (Å²) < 4.78 is 27.6. The fraction of sp³-hybridized carbons (Fsp3) is 0.619. The van der Waals surface area contributed by atoms with Crippen LogP contribution in [0.1, 0.15) is 56.6 Å². The lowest BCUT2D eigenvalue weighted by atomic mass is 10.1. The molecule has 0 fully saturated rings. The van der Waals surface area contributed by atoms with E-state index in [0.717, 1.165) is 30.9 Å². The maximum Gasteiger partial charge on any atom is 0.232 e. The van der Waals surface area contributed by atoms with E-state index in [9.17, 15) is 8.42 Å². The van der Waals surface area contributed by atoms with Crippen molar-refractivity contribution < 1.29 is 8.42 Å². The molecule has 1 aliphatic rings. The molecule has 1 heterocycles. The molecule has 27 heavy (non-hydrogen) atoms. The summed E-state index contributed by atoms with van der Waals surface area (Å²) in [6.45, 7) is 8.81. The van der Waals surface area contributed by atoms with Crippen LogP contribution >= 0.6 is 0 Å². The Kier molecular flexibility index (Phi) is 8.48. The van der Waals surface area contributed by atoms with Crippen LogP contribution in [-0.2, 0) is 10.0 Å². The summed E-state index contributed by atoms with van der Waals surface area (Å²) in [6.07, 6.45) is 11.3. The number of hydrogen-bond acceptors (Lipinski definition) is 4. The summed E-state index contributed by atoms with van der Waals surface area (Å²) >= 11 is 0. The Morgan fingerprint density at radius 1 is 0.926 bits per heavy atom. The summed E-state index contributed by atoms with van der Waals surface area (Å²) in [6, 6.07) is 5.80. The summed E-state index contributed by atoms with van der Waals surface area (Å²) in [7, 11) is -3.32. The average Bonchev–Trinajstić information content (AvgIpc) is 3.06. The van der Waals surface area contributed by atoms with Gasteiger partial charge in [0.15, 0.2) is 0 Å². The number of hydrogen-bond donors (Lipinski definition) is 1. The van der Waals surface area contributed by atoms with Crippen molar-refractivity contribution in [3.63, 3.8) is 0 Å². The first-order valence-corrected chi connectivity index (χ1v) is 11.8. The Labute approximate surface area is 165 Å². The number of nitrogens with zero attached hydrogens (tertiary/aromatic N) is 2. The van der Waals surface area contributed by atoms with E-state index in [1.54, 1.807) is 0 Å². The van der Waals surface area contributed by atoms with Gasteiger partial charge in [-0.25, -0.2) is 8.42 Å². The van der Waals surface area contributed by atoms with Gasteiger partial charge in [-0.2, -0.15) is 0 Å². The van der Waals surface area contributed by atoms with Gasteiger partial charge in [0.25, 0.3) is 0 Å². The molecule has 2 rings (SSSR count). The van der Waals surface area contributed by atoms with Crippen LogP contribution in [0, 0.1) is 13.8 Å². The van der Waals surface area contributed by atoms with E-state index in [-0.39, 0.29) is 5.75 Å². The Bertz CT molecular complexity index is 696. The molecule has 1 aromatic rings. The van der Waals surface area contributed by atoms with Gasteiger partial charge in [-0.05, 0) is 37.8 Å². The lowest BCUT2D eigenvalue weighted by Gasteiger charge is -2.21. The topological polar surface area (TPSA) is 52.7 Å².